The average molecular weight is 314 g/mol. The normalized spacial score (nSPS) is 10.3. The highest BCUT2D eigenvalue weighted by Gasteiger charge is 2.01. The van der Waals surface area contributed by atoms with Gasteiger partial charge in [0, 0.05) is 22.9 Å². The van der Waals surface area contributed by atoms with E-state index < -0.39 is 0 Å². The zero-order chi connectivity index (χ0) is 10.8. The number of rotatable bonds is 2. The summed E-state index contributed by atoms with van der Waals surface area (Å²) < 4.78 is 2.86. The van der Waals surface area contributed by atoms with Crippen molar-refractivity contribution in [1.29, 1.82) is 0 Å². The molecule has 2 aromatic rings. The zero-order valence-corrected chi connectivity index (χ0v) is 10.4. The number of halogens is 1. The van der Waals surface area contributed by atoms with E-state index in [1.165, 1.54) is 0 Å². The van der Waals surface area contributed by atoms with Crippen LogP contribution >= 0.6 is 22.6 Å². The molecule has 0 amide bonds. The fraction of sp³-hybridized carbons (Fsp3) is 0.100. The fourth-order valence-corrected chi connectivity index (χ4v) is 1.78. The maximum absolute atomic E-state index is 5.87. The quantitative estimate of drug-likeness (QED) is 0.661. The van der Waals surface area contributed by atoms with Crippen molar-refractivity contribution in [3.05, 3.63) is 34.0 Å². The topological polar surface area (TPSA) is 55.9 Å². The lowest BCUT2D eigenvalue weighted by Crippen LogP contribution is -1.98. The lowest BCUT2D eigenvalue weighted by atomic mass is 10.3. The Kier molecular flexibility index (Phi) is 2.81. The Morgan fingerprint density at radius 1 is 1.40 bits per heavy atom. The number of nitrogen functional groups attached to an aromatic ring is 1. The third-order valence-corrected chi connectivity index (χ3v) is 2.66. The highest BCUT2D eigenvalue weighted by Crippen LogP contribution is 2.23. The number of hydrogen-bond acceptors (Lipinski definition) is 3. The van der Waals surface area contributed by atoms with Crippen molar-refractivity contribution in [2.75, 3.05) is 11.1 Å². The highest BCUT2D eigenvalue weighted by atomic mass is 127. The zero-order valence-electron chi connectivity index (χ0n) is 8.24. The van der Waals surface area contributed by atoms with Crippen LogP contribution in [0.1, 0.15) is 0 Å². The summed E-state index contributed by atoms with van der Waals surface area (Å²) in [6.45, 7) is 0. The third-order valence-electron chi connectivity index (χ3n) is 1.99. The molecule has 1 heterocycles. The maximum atomic E-state index is 5.87. The fourth-order valence-electron chi connectivity index (χ4n) is 1.27. The Labute approximate surface area is 102 Å². The third kappa shape index (κ3) is 2.41. The molecule has 0 bridgehead atoms. The van der Waals surface area contributed by atoms with E-state index in [1.54, 1.807) is 4.68 Å². The number of anilines is 3. The summed E-state index contributed by atoms with van der Waals surface area (Å²) in [5.74, 6) is 0.797. The lowest BCUT2D eigenvalue weighted by Gasteiger charge is -2.06. The molecule has 1 aromatic carbocycles. The average Bonchev–Trinajstić information content (AvgIpc) is 2.56. The number of aromatic nitrogens is 2. The van der Waals surface area contributed by atoms with Gasteiger partial charge in [0.15, 0.2) is 5.82 Å². The summed E-state index contributed by atoms with van der Waals surface area (Å²) in [7, 11) is 1.88. The molecule has 0 aliphatic carbocycles. The van der Waals surface area contributed by atoms with Gasteiger partial charge >= 0.3 is 0 Å². The molecule has 1 aromatic heterocycles. The van der Waals surface area contributed by atoms with E-state index in [1.807, 2.05) is 37.5 Å². The highest BCUT2D eigenvalue weighted by molar-refractivity contribution is 14.1. The minimum absolute atomic E-state index is 0.729. The molecule has 0 unspecified atom stereocenters. The number of hydrogen-bond donors (Lipinski definition) is 2. The van der Waals surface area contributed by atoms with Crippen molar-refractivity contribution >= 4 is 39.8 Å². The van der Waals surface area contributed by atoms with Crippen LogP contribution in [0.15, 0.2) is 30.5 Å². The van der Waals surface area contributed by atoms with E-state index >= 15 is 0 Å². The smallest absolute Gasteiger partial charge is 0.152 e. The van der Waals surface area contributed by atoms with Gasteiger partial charge in [-0.2, -0.15) is 5.10 Å². The Morgan fingerprint density at radius 3 is 2.80 bits per heavy atom. The van der Waals surface area contributed by atoms with Crippen LogP contribution in [0.25, 0.3) is 0 Å². The summed E-state index contributed by atoms with van der Waals surface area (Å²) >= 11 is 2.23. The van der Waals surface area contributed by atoms with Gasteiger partial charge in [-0.05, 0) is 40.8 Å². The minimum Gasteiger partial charge on any atom is -0.397 e. The first kappa shape index (κ1) is 10.3. The van der Waals surface area contributed by atoms with Crippen LogP contribution < -0.4 is 11.1 Å². The van der Waals surface area contributed by atoms with E-state index in [-0.39, 0.29) is 0 Å². The summed E-state index contributed by atoms with van der Waals surface area (Å²) in [4.78, 5) is 0. The second-order valence-electron chi connectivity index (χ2n) is 3.23. The van der Waals surface area contributed by atoms with Gasteiger partial charge in [-0.25, -0.2) is 0 Å². The van der Waals surface area contributed by atoms with Crippen LogP contribution in [-0.4, -0.2) is 9.78 Å². The molecule has 4 nitrogen and oxygen atoms in total. The van der Waals surface area contributed by atoms with Crippen molar-refractivity contribution < 1.29 is 0 Å². The Balaban J connectivity index is 2.24. The molecule has 15 heavy (non-hydrogen) atoms. The largest absolute Gasteiger partial charge is 0.397 e. The molecule has 0 radical (unpaired) electrons. The number of benzene rings is 1. The summed E-state index contributed by atoms with van der Waals surface area (Å²) in [5.41, 5.74) is 7.49. The summed E-state index contributed by atoms with van der Waals surface area (Å²) in [5, 5.41) is 7.38. The lowest BCUT2D eigenvalue weighted by molar-refractivity contribution is 0.771. The number of nitrogens with one attached hydrogen (secondary N) is 1. The van der Waals surface area contributed by atoms with Crippen molar-refractivity contribution in [1.82, 2.24) is 9.78 Å². The molecular formula is C10H11IN4. The molecule has 5 heteroatoms. The van der Waals surface area contributed by atoms with Crippen LogP contribution in [-0.2, 0) is 7.05 Å². The first-order valence-electron chi connectivity index (χ1n) is 4.47. The van der Waals surface area contributed by atoms with Gasteiger partial charge in [0.05, 0.1) is 11.4 Å². The Bertz CT molecular complexity index is 478. The summed E-state index contributed by atoms with van der Waals surface area (Å²) in [6, 6.07) is 7.78. The van der Waals surface area contributed by atoms with Gasteiger partial charge in [-0.3, -0.25) is 4.68 Å². The predicted molar refractivity (Wildman–Crippen MR) is 70.1 cm³/mol. The number of nitrogens with two attached hydrogens (primary N) is 1. The van der Waals surface area contributed by atoms with Gasteiger partial charge in [-0.1, -0.05) is 0 Å². The van der Waals surface area contributed by atoms with Gasteiger partial charge in [0.2, 0.25) is 0 Å². The minimum atomic E-state index is 0.729. The predicted octanol–water partition coefficient (Wildman–Crippen LogP) is 2.35. The SMILES string of the molecule is Cn1ccc(Nc2ccc(I)cc2N)n1. The van der Waals surface area contributed by atoms with Crippen LogP contribution in [0.2, 0.25) is 0 Å². The van der Waals surface area contributed by atoms with Crippen LogP contribution in [0.3, 0.4) is 0 Å². The molecule has 78 valence electrons. The van der Waals surface area contributed by atoms with Gasteiger partial charge in [-0.15, -0.1) is 0 Å². The van der Waals surface area contributed by atoms with E-state index in [9.17, 15) is 0 Å². The molecule has 0 aliphatic heterocycles. The van der Waals surface area contributed by atoms with Crippen molar-refractivity contribution in [3.8, 4) is 0 Å². The molecule has 0 spiro atoms. The van der Waals surface area contributed by atoms with E-state index in [0.29, 0.717) is 0 Å². The molecule has 0 fully saturated rings. The molecular weight excluding hydrogens is 303 g/mol. The van der Waals surface area contributed by atoms with Crippen LogP contribution in [0.4, 0.5) is 17.2 Å². The molecule has 3 N–H and O–H groups in total. The molecule has 0 atom stereocenters. The first-order valence-corrected chi connectivity index (χ1v) is 5.55. The first-order chi connectivity index (χ1) is 7.15. The maximum Gasteiger partial charge on any atom is 0.152 e. The van der Waals surface area contributed by atoms with Crippen molar-refractivity contribution in [3.63, 3.8) is 0 Å². The number of nitrogens with zero attached hydrogens (tertiary/aromatic N) is 2. The van der Waals surface area contributed by atoms with E-state index in [4.69, 9.17) is 5.73 Å². The second kappa shape index (κ2) is 4.09. The number of aryl methyl sites for hydroxylation is 1. The van der Waals surface area contributed by atoms with Gasteiger partial charge in [0.1, 0.15) is 0 Å². The Morgan fingerprint density at radius 2 is 2.20 bits per heavy atom. The van der Waals surface area contributed by atoms with Crippen LogP contribution in [0.5, 0.6) is 0 Å². The standard InChI is InChI=1S/C10H11IN4/c1-15-5-4-10(14-15)13-9-3-2-7(11)6-8(9)12/h2-6H,12H2,1H3,(H,13,14). The summed E-state index contributed by atoms with van der Waals surface area (Å²) in [6.07, 6.45) is 1.88. The van der Waals surface area contributed by atoms with Gasteiger partial charge < -0.3 is 11.1 Å². The second-order valence-corrected chi connectivity index (χ2v) is 4.48. The molecule has 0 aliphatic rings. The molecule has 2 rings (SSSR count). The monoisotopic (exact) mass is 314 g/mol. The van der Waals surface area contributed by atoms with Gasteiger partial charge in [0.25, 0.3) is 0 Å². The van der Waals surface area contributed by atoms with Crippen molar-refractivity contribution in [2.24, 2.45) is 7.05 Å². The van der Waals surface area contributed by atoms with Crippen LogP contribution in [0, 0.1) is 3.57 Å². The molecule has 0 saturated heterocycles. The Hall–Kier alpha value is -1.24. The van der Waals surface area contributed by atoms with E-state index in [0.717, 1.165) is 20.8 Å². The van der Waals surface area contributed by atoms with Crippen molar-refractivity contribution in [2.45, 2.75) is 0 Å². The van der Waals surface area contributed by atoms with E-state index in [2.05, 4.69) is 33.0 Å². The molecule has 0 saturated carbocycles.